The van der Waals surface area contributed by atoms with Gasteiger partial charge in [-0.2, -0.15) is 12.6 Å². The van der Waals surface area contributed by atoms with Gasteiger partial charge in [-0.1, -0.05) is 0 Å². The van der Waals surface area contributed by atoms with Crippen LogP contribution in [0.3, 0.4) is 0 Å². The summed E-state index contributed by atoms with van der Waals surface area (Å²) in [5, 5.41) is 0. The highest BCUT2D eigenvalue weighted by Gasteiger charge is 2.20. The number of carbonyl (C=O) groups excluding carboxylic acids is 1. The average Bonchev–Trinajstić information content (AvgIpc) is 2.05. The van der Waals surface area contributed by atoms with E-state index in [4.69, 9.17) is 4.74 Å². The molecule has 1 N–H and O–H groups in total. The standard InChI is InChI=1S/C6H11NO2S.ClH/c8-6(5-10)7-1-3-9-4-2-7;/h10H,1-5H2;1H. The van der Waals surface area contributed by atoms with E-state index in [1.807, 2.05) is 0 Å². The molecular formula is C6H12ClNO2S. The molecule has 0 aromatic carbocycles. The van der Waals surface area contributed by atoms with Crippen molar-refractivity contribution in [3.8, 4) is 0 Å². The molecule has 3 nitrogen and oxygen atoms in total. The fourth-order valence-corrected chi connectivity index (χ4v) is 1.23. The first-order valence-corrected chi connectivity index (χ1v) is 4.04. The fourth-order valence-electron chi connectivity index (χ4n) is 1.01. The number of morpholine rings is 1. The fraction of sp³-hybridized carbons (Fsp3) is 0.833. The normalized spacial score (nSPS) is 19.0. The summed E-state index contributed by atoms with van der Waals surface area (Å²) in [7, 11) is 0. The summed E-state index contributed by atoms with van der Waals surface area (Å²) in [4.78, 5) is 12.0. The van der Waals surface area contributed by atoms with E-state index in [0.717, 1.165) is 18.0 Å². The van der Waals surface area contributed by atoms with Crippen LogP contribution in [0.15, 0.2) is 0 Å². The molecule has 1 aliphatic heterocycles. The number of carbonyl (C=O) groups is 1. The number of quaternary nitrogens is 1. The molecule has 0 atom stereocenters. The molecule has 1 saturated heterocycles. The van der Waals surface area contributed by atoms with E-state index >= 15 is 0 Å². The Labute approximate surface area is 77.9 Å². The maximum atomic E-state index is 11.0. The number of halogens is 1. The summed E-state index contributed by atoms with van der Waals surface area (Å²) < 4.78 is 5.10. The van der Waals surface area contributed by atoms with Gasteiger partial charge in [0.15, 0.2) is 0 Å². The molecule has 1 rings (SSSR count). The van der Waals surface area contributed by atoms with Gasteiger partial charge in [0.2, 0.25) is 0 Å². The number of amides is 1. The molecule has 1 fully saturated rings. The topological polar surface area (TPSA) is 30.7 Å². The van der Waals surface area contributed by atoms with Crippen LogP contribution in [-0.2, 0) is 9.53 Å². The molecule has 0 saturated carbocycles. The molecule has 66 valence electrons. The van der Waals surface area contributed by atoms with E-state index < -0.39 is 0 Å². The summed E-state index contributed by atoms with van der Waals surface area (Å²) in [5.41, 5.74) is 0. The van der Waals surface area contributed by atoms with E-state index in [1.165, 1.54) is 0 Å². The Balaban J connectivity index is 0.000001000. The lowest BCUT2D eigenvalue weighted by Crippen LogP contribution is -3.16. The Bertz CT molecular complexity index is 128. The van der Waals surface area contributed by atoms with Gasteiger partial charge in [0.05, 0.1) is 13.2 Å². The van der Waals surface area contributed by atoms with Gasteiger partial charge < -0.3 is 17.1 Å². The van der Waals surface area contributed by atoms with Crippen molar-refractivity contribution < 1.29 is 26.8 Å². The van der Waals surface area contributed by atoms with Crippen LogP contribution in [0.5, 0.6) is 0 Å². The lowest BCUT2D eigenvalue weighted by atomic mass is 10.4. The smallest absolute Gasteiger partial charge is 0.321 e. The van der Waals surface area contributed by atoms with Crippen molar-refractivity contribution in [1.82, 2.24) is 0 Å². The van der Waals surface area contributed by atoms with Crippen molar-refractivity contribution in [3.05, 3.63) is 0 Å². The highest BCUT2D eigenvalue weighted by Crippen LogP contribution is 1.76. The Hall–Kier alpha value is 0.230. The van der Waals surface area contributed by atoms with Crippen LogP contribution >= 0.6 is 12.6 Å². The van der Waals surface area contributed by atoms with E-state index in [1.54, 1.807) is 0 Å². The van der Waals surface area contributed by atoms with Crippen LogP contribution in [0.25, 0.3) is 0 Å². The van der Waals surface area contributed by atoms with Crippen LogP contribution in [0.2, 0.25) is 0 Å². The van der Waals surface area contributed by atoms with Crippen LogP contribution in [0.1, 0.15) is 0 Å². The Morgan fingerprint density at radius 3 is 2.45 bits per heavy atom. The Kier molecular flexibility index (Phi) is 5.95. The molecule has 0 spiro atoms. The highest BCUT2D eigenvalue weighted by atomic mass is 35.5. The van der Waals surface area contributed by atoms with Gasteiger partial charge in [0.25, 0.3) is 0 Å². The minimum atomic E-state index is 0. The first-order chi connectivity index (χ1) is 4.84. The molecule has 0 aromatic heterocycles. The Morgan fingerprint density at radius 1 is 1.45 bits per heavy atom. The zero-order chi connectivity index (χ0) is 7.40. The monoisotopic (exact) mass is 197 g/mol. The van der Waals surface area contributed by atoms with Gasteiger partial charge in [-0.15, -0.1) is 0 Å². The largest absolute Gasteiger partial charge is 1.00 e. The number of hydrogen-bond donors (Lipinski definition) is 2. The zero-order valence-electron chi connectivity index (χ0n) is 6.18. The predicted molar refractivity (Wildman–Crippen MR) is 40.4 cm³/mol. The first kappa shape index (κ1) is 11.2. The van der Waals surface area contributed by atoms with Gasteiger partial charge in [0, 0.05) is 0 Å². The number of ether oxygens (including phenoxy) is 1. The van der Waals surface area contributed by atoms with Crippen molar-refractivity contribution >= 4 is 18.5 Å². The molecule has 0 unspecified atom stereocenters. The highest BCUT2D eigenvalue weighted by molar-refractivity contribution is 7.81. The summed E-state index contributed by atoms with van der Waals surface area (Å²) >= 11 is 3.91. The molecule has 0 aliphatic carbocycles. The maximum absolute atomic E-state index is 11.0. The summed E-state index contributed by atoms with van der Waals surface area (Å²) in [6.45, 7) is 3.02. The quantitative estimate of drug-likeness (QED) is 0.415. The Morgan fingerprint density at radius 2 is 2.00 bits per heavy atom. The summed E-state index contributed by atoms with van der Waals surface area (Å²) in [6, 6.07) is 0. The van der Waals surface area contributed by atoms with E-state index in [2.05, 4.69) is 12.6 Å². The van der Waals surface area contributed by atoms with Gasteiger partial charge in [0.1, 0.15) is 18.8 Å². The van der Waals surface area contributed by atoms with Gasteiger partial charge in [-0.05, 0) is 0 Å². The molecule has 1 amide bonds. The summed E-state index contributed by atoms with van der Waals surface area (Å²) in [5.74, 6) is 0.529. The van der Waals surface area contributed by atoms with E-state index in [9.17, 15) is 4.79 Å². The number of thiol groups is 1. The molecule has 5 heteroatoms. The van der Waals surface area contributed by atoms with E-state index in [-0.39, 0.29) is 18.3 Å². The second-order valence-corrected chi connectivity index (χ2v) is 2.61. The maximum Gasteiger partial charge on any atom is 0.321 e. The molecule has 1 heterocycles. The second-order valence-electron chi connectivity index (χ2n) is 2.30. The van der Waals surface area contributed by atoms with Crippen LogP contribution < -0.4 is 17.3 Å². The third kappa shape index (κ3) is 3.42. The number of hydrogen-bond acceptors (Lipinski definition) is 3. The lowest BCUT2D eigenvalue weighted by Gasteiger charge is -2.20. The second kappa shape index (κ2) is 5.83. The van der Waals surface area contributed by atoms with Crippen LogP contribution in [0, 0.1) is 0 Å². The SMILES string of the molecule is O=C(CS)[NH+]1CCOCC1.[Cl-]. The molecule has 0 aromatic rings. The molecule has 11 heavy (non-hydrogen) atoms. The predicted octanol–water partition coefficient (Wildman–Crippen LogP) is -4.64. The van der Waals surface area contributed by atoms with Crippen molar-refractivity contribution in [3.63, 3.8) is 0 Å². The van der Waals surface area contributed by atoms with Crippen LogP contribution in [-0.4, -0.2) is 38.0 Å². The third-order valence-corrected chi connectivity index (χ3v) is 1.92. The minimum Gasteiger partial charge on any atom is -1.00 e. The zero-order valence-corrected chi connectivity index (χ0v) is 7.83. The average molecular weight is 198 g/mol. The van der Waals surface area contributed by atoms with E-state index in [0.29, 0.717) is 19.0 Å². The molecule has 0 radical (unpaired) electrons. The number of rotatable bonds is 1. The van der Waals surface area contributed by atoms with Crippen LogP contribution in [0.4, 0.5) is 0 Å². The molecule has 0 bridgehead atoms. The first-order valence-electron chi connectivity index (χ1n) is 3.41. The van der Waals surface area contributed by atoms with Crippen molar-refractivity contribution in [1.29, 1.82) is 0 Å². The minimum absolute atomic E-state index is 0. The van der Waals surface area contributed by atoms with Gasteiger partial charge in [-0.25, -0.2) is 4.79 Å². The van der Waals surface area contributed by atoms with Crippen molar-refractivity contribution in [2.75, 3.05) is 32.1 Å². The summed E-state index contributed by atoms with van der Waals surface area (Å²) in [6.07, 6.45) is 0. The number of nitrogens with one attached hydrogen (secondary N) is 1. The third-order valence-electron chi connectivity index (χ3n) is 1.63. The lowest BCUT2D eigenvalue weighted by molar-refractivity contribution is -0.829. The molecule has 1 aliphatic rings. The molecular weight excluding hydrogens is 186 g/mol. The van der Waals surface area contributed by atoms with Gasteiger partial charge in [-0.3, -0.25) is 4.90 Å². The van der Waals surface area contributed by atoms with Gasteiger partial charge >= 0.3 is 5.91 Å². The van der Waals surface area contributed by atoms with Crippen molar-refractivity contribution in [2.45, 2.75) is 0 Å². The van der Waals surface area contributed by atoms with Crippen molar-refractivity contribution in [2.24, 2.45) is 0 Å².